The molecule has 2 nitrogen and oxygen atoms in total. The number of imidazole rings is 1. The Morgan fingerprint density at radius 1 is 0.514 bits per heavy atom. The van der Waals surface area contributed by atoms with E-state index < -0.39 is 0 Å². The molecule has 4 aromatic rings. The Labute approximate surface area is 228 Å². The number of halogens is 1. The van der Waals surface area contributed by atoms with E-state index >= 15 is 0 Å². The van der Waals surface area contributed by atoms with Crippen LogP contribution < -0.4 is 0 Å². The molecule has 1 heterocycles. The van der Waals surface area contributed by atoms with Gasteiger partial charge in [-0.1, -0.05) is 79.7 Å². The topological polar surface area (TPSA) is 9.86 Å². The molecule has 0 bridgehead atoms. The molecule has 0 amide bonds. The molecule has 0 saturated heterocycles. The Hall–Kier alpha value is -1.84. The van der Waals surface area contributed by atoms with Gasteiger partial charge < -0.3 is 0 Å². The van der Waals surface area contributed by atoms with Gasteiger partial charge in [0, 0.05) is 34.4 Å². The van der Waals surface area contributed by atoms with Crippen LogP contribution in [0.1, 0.15) is 101 Å². The normalized spacial score (nSPS) is 11.6. The van der Waals surface area contributed by atoms with Gasteiger partial charge in [0.05, 0.1) is 0 Å². The first kappa shape index (κ1) is 27.7. The van der Waals surface area contributed by atoms with Crippen LogP contribution in [-0.2, 0) is 20.0 Å². The number of para-hydroxylation sites is 4. The van der Waals surface area contributed by atoms with E-state index in [9.17, 15) is 0 Å². The molecule has 4 heteroatoms. The summed E-state index contributed by atoms with van der Waals surface area (Å²) >= 11 is 1.75. The van der Waals surface area contributed by atoms with Crippen LogP contribution in [0, 0.1) is 0 Å². The van der Waals surface area contributed by atoms with Gasteiger partial charge >= 0.3 is 29.2 Å². The van der Waals surface area contributed by atoms with Crippen molar-refractivity contribution in [1.29, 1.82) is 0 Å². The van der Waals surface area contributed by atoms with Crippen molar-refractivity contribution in [3.8, 4) is 11.4 Å². The zero-order valence-electron chi connectivity index (χ0n) is 22.2. The Morgan fingerprint density at radius 2 is 0.800 bits per heavy atom. The third-order valence-corrected chi connectivity index (χ3v) is 6.80. The molecule has 4 rings (SSSR count). The number of nitrogens with zero attached hydrogens (tertiary/aromatic N) is 2. The summed E-state index contributed by atoms with van der Waals surface area (Å²) in [5, 5.41) is 0. The van der Waals surface area contributed by atoms with Gasteiger partial charge in [-0.2, -0.15) is 9.13 Å². The van der Waals surface area contributed by atoms with Gasteiger partial charge in [0.25, 0.3) is 0 Å². The summed E-state index contributed by atoms with van der Waals surface area (Å²) in [5.74, 6) is 1.79. The van der Waals surface area contributed by atoms with Crippen LogP contribution in [0.5, 0.6) is 0 Å². The van der Waals surface area contributed by atoms with E-state index in [1.54, 1.807) is 20.0 Å². The van der Waals surface area contributed by atoms with Gasteiger partial charge in [0.2, 0.25) is 0 Å². The van der Waals surface area contributed by atoms with E-state index in [4.69, 9.17) is 0 Å². The minimum atomic E-state index is 0.447. The summed E-state index contributed by atoms with van der Waals surface area (Å²) in [7, 11) is 4.58. The molecule has 1 aromatic heterocycles. The van der Waals surface area contributed by atoms with E-state index in [2.05, 4.69) is 141 Å². The SMILES string of the molecule is CC(C)c1cccc(C(C)C)c1-n1[cH+]n(-c2c(C(C)C)cccc2C(C)C)c2ccccc21.[Cl][Au]. The fourth-order valence-corrected chi connectivity index (χ4v) is 5.05. The first-order chi connectivity index (χ1) is 16.7. The van der Waals surface area contributed by atoms with E-state index in [0.29, 0.717) is 23.7 Å². The van der Waals surface area contributed by atoms with Crippen LogP contribution in [0.2, 0.25) is 0 Å². The molecule has 3 aromatic carbocycles. The molecule has 0 N–H and O–H groups in total. The average molecular weight is 672 g/mol. The Bertz CT molecular complexity index is 1130. The van der Waals surface area contributed by atoms with Crippen LogP contribution in [-0.4, -0.2) is 9.13 Å². The summed E-state index contributed by atoms with van der Waals surface area (Å²) in [4.78, 5) is 0. The summed E-state index contributed by atoms with van der Waals surface area (Å²) in [5.41, 5.74) is 10.8. The van der Waals surface area contributed by atoms with Crippen molar-refractivity contribution in [2.45, 2.75) is 79.1 Å². The van der Waals surface area contributed by atoms with E-state index in [1.165, 1.54) is 44.7 Å². The average Bonchev–Trinajstić information content (AvgIpc) is 3.23. The predicted molar refractivity (Wildman–Crippen MR) is 149 cm³/mol. The molecule has 0 radical (unpaired) electrons. The summed E-state index contributed by atoms with van der Waals surface area (Å²) in [6.07, 6.45) is 2.34. The maximum absolute atomic E-state index is 4.58. The monoisotopic (exact) mass is 671 g/mol. The molecule has 0 aliphatic heterocycles. The number of hydrogen-bond donors (Lipinski definition) is 0. The van der Waals surface area contributed by atoms with E-state index in [-0.39, 0.29) is 0 Å². The number of rotatable bonds is 6. The molecular formula is C31H39AuClN2+. The van der Waals surface area contributed by atoms with E-state index in [0.717, 1.165) is 0 Å². The first-order valence-corrected chi connectivity index (χ1v) is 15.3. The molecule has 0 fully saturated rings. The number of aromatic nitrogens is 2. The van der Waals surface area contributed by atoms with Crippen LogP contribution in [0.15, 0.2) is 67.0 Å². The standard InChI is InChI=1S/C31H39N2.Au.ClH/c1-20(2)24-13-11-14-25(21(3)4)30(24)32-19-33(29-18-10-9-17-28(29)32)31-26(22(5)6)15-12-16-27(31)23(7)8;;/h9-23H,1-8H3;;1H/q2*+1;/p-1. The van der Waals surface area contributed by atoms with Gasteiger partial charge in [-0.25, -0.2) is 0 Å². The van der Waals surface area contributed by atoms with Crippen molar-refractivity contribution >= 4 is 20.2 Å². The molecule has 190 valence electrons. The van der Waals surface area contributed by atoms with Gasteiger partial charge in [-0.05, 0) is 47.9 Å². The minimum absolute atomic E-state index is 0.447. The predicted octanol–water partition coefficient (Wildman–Crippen LogP) is 9.88. The molecule has 35 heavy (non-hydrogen) atoms. The second-order valence-corrected chi connectivity index (χ2v) is 10.5. The maximum atomic E-state index is 4.58. The summed E-state index contributed by atoms with van der Waals surface area (Å²) in [6.45, 7) is 18.4. The van der Waals surface area contributed by atoms with Crippen molar-refractivity contribution in [1.82, 2.24) is 9.13 Å². The Balaban J connectivity index is 0.00000167. The van der Waals surface area contributed by atoms with Crippen molar-refractivity contribution in [3.63, 3.8) is 0 Å². The van der Waals surface area contributed by atoms with Gasteiger partial charge in [0.15, 0.2) is 17.4 Å². The second-order valence-electron chi connectivity index (χ2n) is 10.5. The Morgan fingerprint density at radius 3 is 1.06 bits per heavy atom. The number of hydrogen-bond acceptors (Lipinski definition) is 0. The van der Waals surface area contributed by atoms with Crippen molar-refractivity contribution in [3.05, 3.63) is 89.2 Å². The van der Waals surface area contributed by atoms with Crippen LogP contribution in [0.25, 0.3) is 22.4 Å². The summed E-state index contributed by atoms with van der Waals surface area (Å²) in [6, 6.07) is 22.5. The van der Waals surface area contributed by atoms with Crippen LogP contribution in [0.3, 0.4) is 0 Å². The molecule has 0 spiro atoms. The van der Waals surface area contributed by atoms with Crippen molar-refractivity contribution < 1.29 is 20.0 Å². The van der Waals surface area contributed by atoms with Gasteiger partial charge in [-0.15, -0.1) is 0 Å². The van der Waals surface area contributed by atoms with Crippen LogP contribution in [0.4, 0.5) is 0 Å². The Kier molecular flexibility index (Phi) is 9.46. The van der Waals surface area contributed by atoms with Crippen molar-refractivity contribution in [2.24, 2.45) is 0 Å². The van der Waals surface area contributed by atoms with E-state index in [1.807, 2.05) is 0 Å². The fraction of sp³-hybridized carbons (Fsp3) is 0.387. The molecule has 0 unspecified atom stereocenters. The molecule has 0 saturated carbocycles. The number of benzene rings is 3. The third-order valence-electron chi connectivity index (χ3n) is 6.80. The third kappa shape index (κ3) is 5.47. The zero-order valence-corrected chi connectivity index (χ0v) is 25.2. The molecule has 0 atom stereocenters. The fourth-order valence-electron chi connectivity index (χ4n) is 5.05. The van der Waals surface area contributed by atoms with Crippen LogP contribution >= 0.6 is 9.19 Å². The van der Waals surface area contributed by atoms with Gasteiger partial charge in [-0.3, -0.25) is 0 Å². The van der Waals surface area contributed by atoms with Crippen molar-refractivity contribution in [2.75, 3.05) is 0 Å². The first-order valence-electron chi connectivity index (χ1n) is 12.6. The second kappa shape index (κ2) is 11.9. The quantitative estimate of drug-likeness (QED) is 0.143. The molecular weight excluding hydrogens is 633 g/mol. The number of fused-ring (bicyclic) bond motifs is 1. The zero-order chi connectivity index (χ0) is 25.9. The summed E-state index contributed by atoms with van der Waals surface area (Å²) < 4.78 is 4.89. The molecule has 0 aliphatic rings. The van der Waals surface area contributed by atoms with Gasteiger partial charge in [0.1, 0.15) is 11.4 Å². The molecule has 0 aliphatic carbocycles.